The Balaban J connectivity index is 1.42. The Hall–Kier alpha value is -3.33. The number of allylic oxidation sites excluding steroid dienone is 2. The van der Waals surface area contributed by atoms with Gasteiger partial charge in [0.05, 0.1) is 17.6 Å². The van der Waals surface area contributed by atoms with E-state index < -0.39 is 21.8 Å². The molecule has 3 aromatic carbocycles. The number of ether oxygens (including phenoxy) is 1. The number of hydrogen-bond acceptors (Lipinski definition) is 4. The number of benzene rings is 3. The second-order valence-corrected chi connectivity index (χ2v) is 11.2. The van der Waals surface area contributed by atoms with Crippen molar-refractivity contribution in [1.82, 2.24) is 4.72 Å². The van der Waals surface area contributed by atoms with Gasteiger partial charge in [0.1, 0.15) is 5.82 Å². The Labute approximate surface area is 223 Å². The van der Waals surface area contributed by atoms with Crippen molar-refractivity contribution in [3.63, 3.8) is 0 Å². The molecule has 3 aromatic rings. The molecule has 0 unspecified atom stereocenters. The first-order valence-electron chi connectivity index (χ1n) is 12.7. The molecule has 38 heavy (non-hydrogen) atoms. The van der Waals surface area contributed by atoms with Crippen LogP contribution in [0.15, 0.2) is 95.9 Å². The van der Waals surface area contributed by atoms with Crippen LogP contribution >= 0.6 is 0 Å². The molecule has 2 N–H and O–H groups in total. The average Bonchev–Trinajstić information content (AvgIpc) is 3.28. The molecule has 8 heteroatoms. The van der Waals surface area contributed by atoms with Crippen molar-refractivity contribution in [2.24, 2.45) is 5.92 Å². The van der Waals surface area contributed by atoms with Gasteiger partial charge < -0.3 is 9.84 Å². The summed E-state index contributed by atoms with van der Waals surface area (Å²) in [5, 5.41) is 8.87. The van der Waals surface area contributed by atoms with E-state index in [1.54, 1.807) is 0 Å². The summed E-state index contributed by atoms with van der Waals surface area (Å²) in [5.74, 6) is -1.49. The van der Waals surface area contributed by atoms with Crippen molar-refractivity contribution in [3.05, 3.63) is 102 Å². The molecule has 4 rings (SSSR count). The number of carboxylic acid groups (broad SMARTS) is 1. The van der Waals surface area contributed by atoms with Gasteiger partial charge in [0.15, 0.2) is 0 Å². The van der Waals surface area contributed by atoms with E-state index in [1.807, 2.05) is 42.5 Å². The molecule has 0 aliphatic heterocycles. The minimum absolute atomic E-state index is 0.0116. The third kappa shape index (κ3) is 7.60. The van der Waals surface area contributed by atoms with Crippen LogP contribution in [0.4, 0.5) is 4.39 Å². The highest BCUT2D eigenvalue weighted by Crippen LogP contribution is 2.34. The number of carbonyl (C=O) groups is 1. The maximum absolute atomic E-state index is 13.3. The van der Waals surface area contributed by atoms with E-state index in [2.05, 4.69) is 29.0 Å². The molecular weight excluding hydrogens is 505 g/mol. The lowest BCUT2D eigenvalue weighted by Gasteiger charge is -2.25. The van der Waals surface area contributed by atoms with Gasteiger partial charge in [-0.15, -0.1) is 0 Å². The molecule has 1 fully saturated rings. The van der Waals surface area contributed by atoms with Gasteiger partial charge in [-0.3, -0.25) is 4.79 Å². The first-order chi connectivity index (χ1) is 18.3. The molecule has 1 aliphatic rings. The van der Waals surface area contributed by atoms with Gasteiger partial charge in [-0.05, 0) is 66.6 Å². The Morgan fingerprint density at radius 1 is 0.947 bits per heavy atom. The highest BCUT2D eigenvalue weighted by atomic mass is 32.2. The maximum atomic E-state index is 13.3. The van der Waals surface area contributed by atoms with Crippen LogP contribution in [0.25, 0.3) is 11.1 Å². The Morgan fingerprint density at radius 2 is 1.63 bits per heavy atom. The van der Waals surface area contributed by atoms with Crippen LogP contribution in [0.1, 0.15) is 37.7 Å². The first-order valence-corrected chi connectivity index (χ1v) is 14.2. The van der Waals surface area contributed by atoms with Crippen molar-refractivity contribution in [2.75, 3.05) is 0 Å². The van der Waals surface area contributed by atoms with Crippen molar-refractivity contribution in [1.29, 1.82) is 0 Å². The minimum atomic E-state index is -3.84. The second-order valence-electron chi connectivity index (χ2n) is 9.47. The normalized spacial score (nSPS) is 19.7. The monoisotopic (exact) mass is 537 g/mol. The summed E-state index contributed by atoms with van der Waals surface area (Å²) in [5.41, 5.74) is 3.28. The van der Waals surface area contributed by atoms with Crippen molar-refractivity contribution >= 4 is 16.0 Å². The van der Waals surface area contributed by atoms with Gasteiger partial charge in [-0.1, -0.05) is 66.7 Å². The molecule has 0 bridgehead atoms. The lowest BCUT2D eigenvalue weighted by atomic mass is 9.97. The SMILES string of the molecule is O=C(O)CCC=CC[C@@H]1[C@@H](NS(=O)(=O)c2ccc(F)cc2)CC[C@@H]1OCc1ccc(-c2ccccc2)cc1. The number of sulfonamides is 1. The standard InChI is InChI=1S/C30H32FNO5S/c31-25-15-17-26(18-16-25)38(35,36)32-28-19-20-29(27(28)9-5-2-6-10-30(33)34)37-21-22-11-13-24(14-12-22)23-7-3-1-4-8-23/h1-5,7-8,11-18,27-29,32H,6,9-10,19-21H2,(H,33,34)/t27-,28+,29+/m1/s1. The van der Waals surface area contributed by atoms with E-state index in [4.69, 9.17) is 9.84 Å². The largest absolute Gasteiger partial charge is 0.481 e. The van der Waals surface area contributed by atoms with Crippen LogP contribution in [-0.4, -0.2) is 31.6 Å². The maximum Gasteiger partial charge on any atom is 0.303 e. The van der Waals surface area contributed by atoms with E-state index in [0.717, 1.165) is 28.8 Å². The smallest absolute Gasteiger partial charge is 0.303 e. The van der Waals surface area contributed by atoms with E-state index in [1.165, 1.54) is 12.1 Å². The highest BCUT2D eigenvalue weighted by molar-refractivity contribution is 7.89. The molecule has 3 atom stereocenters. The van der Waals surface area contributed by atoms with E-state index >= 15 is 0 Å². The third-order valence-electron chi connectivity index (χ3n) is 6.81. The van der Waals surface area contributed by atoms with Crippen LogP contribution in [0.3, 0.4) is 0 Å². The Bertz CT molecular complexity index is 1330. The zero-order valence-corrected chi connectivity index (χ0v) is 21.8. The number of rotatable bonds is 12. The minimum Gasteiger partial charge on any atom is -0.481 e. The van der Waals surface area contributed by atoms with Gasteiger partial charge in [0.2, 0.25) is 10.0 Å². The Kier molecular flexibility index (Phi) is 9.44. The van der Waals surface area contributed by atoms with Crippen molar-refractivity contribution < 1.29 is 27.4 Å². The summed E-state index contributed by atoms with van der Waals surface area (Å²) in [4.78, 5) is 10.8. The van der Waals surface area contributed by atoms with E-state index in [-0.39, 0.29) is 29.4 Å². The molecule has 0 spiro atoms. The van der Waals surface area contributed by atoms with Crippen LogP contribution in [-0.2, 0) is 26.2 Å². The summed E-state index contributed by atoms with van der Waals surface area (Å²) in [6, 6.07) is 22.7. The molecule has 200 valence electrons. The van der Waals surface area contributed by atoms with Crippen molar-refractivity contribution in [3.8, 4) is 11.1 Å². The zero-order valence-electron chi connectivity index (χ0n) is 21.0. The van der Waals surface area contributed by atoms with Gasteiger partial charge in [0.25, 0.3) is 0 Å². The third-order valence-corrected chi connectivity index (χ3v) is 8.32. The summed E-state index contributed by atoms with van der Waals surface area (Å²) >= 11 is 0. The van der Waals surface area contributed by atoms with Gasteiger partial charge >= 0.3 is 5.97 Å². The predicted octanol–water partition coefficient (Wildman–Crippen LogP) is 5.95. The molecule has 0 radical (unpaired) electrons. The molecule has 0 saturated heterocycles. The van der Waals surface area contributed by atoms with Crippen LogP contribution in [0, 0.1) is 11.7 Å². The van der Waals surface area contributed by atoms with E-state index in [0.29, 0.717) is 32.3 Å². The number of hydrogen-bond donors (Lipinski definition) is 2. The molecule has 1 aliphatic carbocycles. The summed E-state index contributed by atoms with van der Waals surface area (Å²) < 4.78 is 48.3. The zero-order chi connectivity index (χ0) is 27.0. The molecular formula is C30H32FNO5S. The second kappa shape index (κ2) is 13.0. The lowest BCUT2D eigenvalue weighted by Crippen LogP contribution is -2.39. The van der Waals surface area contributed by atoms with E-state index in [9.17, 15) is 17.6 Å². The molecule has 0 aromatic heterocycles. The topological polar surface area (TPSA) is 92.7 Å². The molecule has 0 amide bonds. The van der Waals surface area contributed by atoms with Crippen LogP contribution in [0.2, 0.25) is 0 Å². The number of carboxylic acids is 1. The highest BCUT2D eigenvalue weighted by Gasteiger charge is 2.38. The molecule has 0 heterocycles. The average molecular weight is 538 g/mol. The quantitative estimate of drug-likeness (QED) is 0.279. The van der Waals surface area contributed by atoms with Gasteiger partial charge in [0, 0.05) is 18.4 Å². The number of halogens is 1. The van der Waals surface area contributed by atoms with Gasteiger partial charge in [-0.2, -0.15) is 0 Å². The lowest BCUT2D eigenvalue weighted by molar-refractivity contribution is -0.136. The van der Waals surface area contributed by atoms with Crippen LogP contribution < -0.4 is 4.72 Å². The van der Waals surface area contributed by atoms with Crippen LogP contribution in [0.5, 0.6) is 0 Å². The fourth-order valence-corrected chi connectivity index (χ4v) is 6.11. The Morgan fingerprint density at radius 3 is 2.32 bits per heavy atom. The molecule has 6 nitrogen and oxygen atoms in total. The fraction of sp³-hybridized carbons (Fsp3) is 0.300. The molecule has 1 saturated carbocycles. The van der Waals surface area contributed by atoms with Crippen molar-refractivity contribution in [2.45, 2.75) is 55.8 Å². The van der Waals surface area contributed by atoms with Gasteiger partial charge in [-0.25, -0.2) is 17.5 Å². The summed E-state index contributed by atoms with van der Waals surface area (Å²) in [6.45, 7) is 0.399. The first kappa shape index (κ1) is 27.7. The summed E-state index contributed by atoms with van der Waals surface area (Å²) in [6.07, 6.45) is 5.84. The summed E-state index contributed by atoms with van der Waals surface area (Å²) in [7, 11) is -3.84. The predicted molar refractivity (Wildman–Crippen MR) is 144 cm³/mol. The number of aliphatic carboxylic acids is 1. The number of nitrogens with one attached hydrogen (secondary N) is 1. The fourth-order valence-electron chi connectivity index (χ4n) is 4.79.